The Morgan fingerprint density at radius 3 is 2.56 bits per heavy atom. The maximum atomic E-state index is 12.6. The number of Topliss-reactive ketones (excluding diaryl/α,β-unsaturated/α-hetero) is 1. The van der Waals surface area contributed by atoms with E-state index in [0.717, 1.165) is 4.88 Å². The highest BCUT2D eigenvalue weighted by molar-refractivity contribution is 7.10. The van der Waals surface area contributed by atoms with Crippen molar-refractivity contribution in [3.63, 3.8) is 0 Å². The number of ketones is 1. The van der Waals surface area contributed by atoms with Gasteiger partial charge in [0.2, 0.25) is 5.78 Å². The van der Waals surface area contributed by atoms with Gasteiger partial charge in [-0.15, -0.1) is 11.3 Å². The molecule has 0 aliphatic rings. The van der Waals surface area contributed by atoms with Crippen LogP contribution in [-0.4, -0.2) is 5.78 Å². The van der Waals surface area contributed by atoms with Crippen LogP contribution in [0.3, 0.4) is 0 Å². The van der Waals surface area contributed by atoms with Crippen LogP contribution >= 0.6 is 11.3 Å². The summed E-state index contributed by atoms with van der Waals surface area (Å²) in [5.41, 5.74) is 0.408. The second-order valence-electron chi connectivity index (χ2n) is 3.06. The van der Waals surface area contributed by atoms with E-state index in [4.69, 9.17) is 0 Å². The second kappa shape index (κ2) is 4.73. The van der Waals surface area contributed by atoms with Crippen molar-refractivity contribution >= 4 is 17.1 Å². The topological polar surface area (TPSA) is 17.1 Å². The Kier molecular flexibility index (Phi) is 3.13. The van der Waals surface area contributed by atoms with Gasteiger partial charge in [0.15, 0.2) is 0 Å². The van der Waals surface area contributed by atoms with E-state index < -0.39 is 0 Å². The highest BCUT2D eigenvalue weighted by Crippen LogP contribution is 2.07. The number of thiophene rings is 1. The molecule has 0 fully saturated rings. The Morgan fingerprint density at radius 1 is 1.19 bits per heavy atom. The van der Waals surface area contributed by atoms with Crippen molar-refractivity contribution in [1.29, 1.82) is 0 Å². The molecule has 0 bridgehead atoms. The third kappa shape index (κ3) is 2.56. The molecular weight excluding hydrogens is 223 g/mol. The van der Waals surface area contributed by atoms with Gasteiger partial charge in [-0.25, -0.2) is 4.39 Å². The van der Waals surface area contributed by atoms with E-state index in [1.54, 1.807) is 0 Å². The summed E-state index contributed by atoms with van der Waals surface area (Å²) in [4.78, 5) is 12.4. The molecule has 2 aromatic rings. The lowest BCUT2D eigenvalue weighted by molar-refractivity contribution is 0.105. The number of hydrogen-bond donors (Lipinski definition) is 0. The standard InChI is InChI=1S/C13H7FOS/c14-11-5-3-10(4-6-11)13(15)8-7-12-2-1-9-16-12/h1-6,9H. The van der Waals surface area contributed by atoms with E-state index >= 15 is 0 Å². The van der Waals surface area contributed by atoms with Crippen molar-refractivity contribution in [2.75, 3.05) is 0 Å². The van der Waals surface area contributed by atoms with Gasteiger partial charge < -0.3 is 0 Å². The fourth-order valence-electron chi connectivity index (χ4n) is 1.14. The fraction of sp³-hybridized carbons (Fsp3) is 0. The molecule has 0 saturated heterocycles. The predicted molar refractivity (Wildman–Crippen MR) is 61.9 cm³/mol. The minimum absolute atomic E-state index is 0.298. The molecule has 3 heteroatoms. The van der Waals surface area contributed by atoms with Crippen molar-refractivity contribution in [1.82, 2.24) is 0 Å². The van der Waals surface area contributed by atoms with Gasteiger partial charge in [-0.1, -0.05) is 6.07 Å². The first kappa shape index (κ1) is 10.6. The largest absolute Gasteiger partial charge is 0.279 e. The van der Waals surface area contributed by atoms with Crippen LogP contribution in [0.5, 0.6) is 0 Å². The first-order chi connectivity index (χ1) is 7.75. The molecule has 0 radical (unpaired) electrons. The third-order valence-electron chi connectivity index (χ3n) is 1.93. The molecule has 0 unspecified atom stereocenters. The van der Waals surface area contributed by atoms with E-state index in [0.29, 0.717) is 5.56 Å². The molecule has 1 heterocycles. The maximum Gasteiger partial charge on any atom is 0.236 e. The summed E-state index contributed by atoms with van der Waals surface area (Å²) < 4.78 is 12.6. The molecule has 0 saturated carbocycles. The Morgan fingerprint density at radius 2 is 1.94 bits per heavy atom. The Balaban J connectivity index is 2.17. The van der Waals surface area contributed by atoms with Crippen molar-refractivity contribution in [3.05, 3.63) is 58.0 Å². The Hall–Kier alpha value is -1.92. The Bertz CT molecular complexity index is 544. The lowest BCUT2D eigenvalue weighted by atomic mass is 10.1. The van der Waals surface area contributed by atoms with Crippen molar-refractivity contribution in [2.24, 2.45) is 0 Å². The van der Waals surface area contributed by atoms with E-state index in [1.807, 2.05) is 17.5 Å². The van der Waals surface area contributed by atoms with Gasteiger partial charge in [0.25, 0.3) is 0 Å². The highest BCUT2D eigenvalue weighted by Gasteiger charge is 2.01. The smallest absolute Gasteiger partial charge is 0.236 e. The molecule has 1 aromatic carbocycles. The maximum absolute atomic E-state index is 12.6. The minimum Gasteiger partial charge on any atom is -0.279 e. The first-order valence-corrected chi connectivity index (χ1v) is 5.49. The SMILES string of the molecule is O=C(C#Cc1cccs1)c1ccc(F)cc1. The summed E-state index contributed by atoms with van der Waals surface area (Å²) >= 11 is 1.48. The van der Waals surface area contributed by atoms with Gasteiger partial charge in [0.1, 0.15) is 5.82 Å². The van der Waals surface area contributed by atoms with E-state index in [1.165, 1.54) is 35.6 Å². The van der Waals surface area contributed by atoms with Crippen LogP contribution in [0.2, 0.25) is 0 Å². The van der Waals surface area contributed by atoms with Gasteiger partial charge in [-0.3, -0.25) is 4.79 Å². The van der Waals surface area contributed by atoms with Gasteiger partial charge >= 0.3 is 0 Å². The molecule has 0 N–H and O–H groups in total. The lowest BCUT2D eigenvalue weighted by Crippen LogP contribution is -1.94. The minimum atomic E-state index is -0.359. The van der Waals surface area contributed by atoms with Crippen LogP contribution < -0.4 is 0 Å². The monoisotopic (exact) mass is 230 g/mol. The second-order valence-corrected chi connectivity index (χ2v) is 4.01. The highest BCUT2D eigenvalue weighted by atomic mass is 32.1. The first-order valence-electron chi connectivity index (χ1n) is 4.61. The molecule has 16 heavy (non-hydrogen) atoms. The summed E-state index contributed by atoms with van der Waals surface area (Å²) in [6.07, 6.45) is 0. The number of benzene rings is 1. The lowest BCUT2D eigenvalue weighted by Gasteiger charge is -1.92. The fourth-order valence-corrected chi connectivity index (χ4v) is 1.71. The number of carbonyl (C=O) groups is 1. The average molecular weight is 230 g/mol. The van der Waals surface area contributed by atoms with Gasteiger partial charge in [0, 0.05) is 5.56 Å². The van der Waals surface area contributed by atoms with Crippen LogP contribution in [0.1, 0.15) is 15.2 Å². The molecule has 0 aliphatic heterocycles. The molecule has 1 aromatic heterocycles. The molecule has 78 valence electrons. The van der Waals surface area contributed by atoms with Crippen LogP contribution in [0.15, 0.2) is 41.8 Å². The summed E-state index contributed by atoms with van der Waals surface area (Å²) in [7, 11) is 0. The number of carbonyl (C=O) groups excluding carboxylic acids is 1. The predicted octanol–water partition coefficient (Wildman–Crippen LogP) is 3.12. The number of halogens is 1. The van der Waals surface area contributed by atoms with Crippen LogP contribution in [0, 0.1) is 17.7 Å². The molecule has 0 aliphatic carbocycles. The number of rotatable bonds is 1. The zero-order valence-electron chi connectivity index (χ0n) is 8.24. The molecule has 2 rings (SSSR count). The van der Waals surface area contributed by atoms with Crippen LogP contribution in [0.4, 0.5) is 4.39 Å². The van der Waals surface area contributed by atoms with E-state index in [9.17, 15) is 9.18 Å². The van der Waals surface area contributed by atoms with E-state index in [-0.39, 0.29) is 11.6 Å². The molecule has 0 atom stereocenters. The Labute approximate surface area is 96.5 Å². The van der Waals surface area contributed by atoms with Crippen LogP contribution in [0.25, 0.3) is 0 Å². The van der Waals surface area contributed by atoms with Gasteiger partial charge in [0.05, 0.1) is 4.88 Å². The average Bonchev–Trinajstić information content (AvgIpc) is 2.80. The van der Waals surface area contributed by atoms with Gasteiger partial charge in [-0.2, -0.15) is 0 Å². The summed E-state index contributed by atoms with van der Waals surface area (Å²) in [5.74, 6) is 4.63. The van der Waals surface area contributed by atoms with Crippen molar-refractivity contribution < 1.29 is 9.18 Å². The molecule has 0 spiro atoms. The zero-order valence-corrected chi connectivity index (χ0v) is 9.05. The molecule has 0 amide bonds. The van der Waals surface area contributed by atoms with E-state index in [2.05, 4.69) is 11.8 Å². The van der Waals surface area contributed by atoms with Crippen molar-refractivity contribution in [3.8, 4) is 11.8 Å². The normalized spacial score (nSPS) is 9.31. The quantitative estimate of drug-likeness (QED) is 0.543. The summed E-state index contributed by atoms with van der Waals surface area (Å²) in [5, 5.41) is 1.90. The van der Waals surface area contributed by atoms with Gasteiger partial charge in [-0.05, 0) is 47.6 Å². The molecular formula is C13H7FOS. The summed E-state index contributed by atoms with van der Waals surface area (Å²) in [6, 6.07) is 9.08. The molecule has 1 nitrogen and oxygen atoms in total. The zero-order chi connectivity index (χ0) is 11.4. The van der Waals surface area contributed by atoms with Crippen molar-refractivity contribution in [2.45, 2.75) is 0 Å². The summed E-state index contributed by atoms with van der Waals surface area (Å²) in [6.45, 7) is 0. The van der Waals surface area contributed by atoms with Crippen LogP contribution in [-0.2, 0) is 0 Å². The third-order valence-corrected chi connectivity index (χ3v) is 2.71. The number of hydrogen-bond acceptors (Lipinski definition) is 2.